The first-order chi connectivity index (χ1) is 22.1. The number of sulfone groups is 1. The van der Waals surface area contributed by atoms with Crippen LogP contribution >= 0.6 is 11.8 Å². The van der Waals surface area contributed by atoms with Crippen LogP contribution in [-0.2, 0) is 35.9 Å². The van der Waals surface area contributed by atoms with Gasteiger partial charge >= 0.3 is 0 Å². The van der Waals surface area contributed by atoms with Crippen molar-refractivity contribution in [3.8, 4) is 17.1 Å². The first kappa shape index (κ1) is 32.4. The second kappa shape index (κ2) is 13.7. The van der Waals surface area contributed by atoms with Gasteiger partial charge in [-0.05, 0) is 48.7 Å². The number of sulfonamides is 1. The summed E-state index contributed by atoms with van der Waals surface area (Å²) < 4.78 is 60.3. The molecule has 1 atom stereocenters. The molecule has 0 radical (unpaired) electrons. The number of ether oxygens (including phenoxy) is 1. The molecule has 14 heteroatoms. The van der Waals surface area contributed by atoms with Crippen LogP contribution in [0.4, 0.5) is 0 Å². The lowest BCUT2D eigenvalue weighted by Gasteiger charge is -2.28. The molecule has 6 rings (SSSR count). The highest BCUT2D eigenvalue weighted by Gasteiger charge is 2.35. The summed E-state index contributed by atoms with van der Waals surface area (Å²) >= 11 is 1.21. The van der Waals surface area contributed by atoms with E-state index in [4.69, 9.17) is 4.74 Å². The number of rotatable bonds is 10. The van der Waals surface area contributed by atoms with E-state index in [1.165, 1.54) is 16.1 Å². The molecule has 11 nitrogen and oxygen atoms in total. The van der Waals surface area contributed by atoms with Crippen LogP contribution in [0.1, 0.15) is 17.5 Å². The van der Waals surface area contributed by atoms with Gasteiger partial charge in [0.2, 0.25) is 15.9 Å². The maximum atomic E-state index is 13.8. The molecule has 2 fully saturated rings. The normalized spacial score (nSPS) is 18.4. The van der Waals surface area contributed by atoms with Crippen LogP contribution in [0.25, 0.3) is 17.1 Å². The fraction of sp³-hybridized carbons (Fsp3) is 0.344. The van der Waals surface area contributed by atoms with Gasteiger partial charge in [-0.25, -0.2) is 16.8 Å². The number of thioether (sulfide) groups is 1. The van der Waals surface area contributed by atoms with E-state index in [2.05, 4.69) is 10.2 Å². The van der Waals surface area contributed by atoms with Crippen LogP contribution < -0.4 is 0 Å². The summed E-state index contributed by atoms with van der Waals surface area (Å²) in [5.41, 5.74) is 3.09. The van der Waals surface area contributed by atoms with Crippen molar-refractivity contribution in [2.45, 2.75) is 36.0 Å². The van der Waals surface area contributed by atoms with E-state index in [9.17, 15) is 21.6 Å². The summed E-state index contributed by atoms with van der Waals surface area (Å²) in [5.74, 6) is 0.271. The van der Waals surface area contributed by atoms with Crippen LogP contribution in [0.5, 0.6) is 0 Å². The Kier molecular flexibility index (Phi) is 9.62. The minimum absolute atomic E-state index is 0.0127. The fourth-order valence-electron chi connectivity index (χ4n) is 5.72. The van der Waals surface area contributed by atoms with E-state index >= 15 is 0 Å². The number of nitrogens with zero attached hydrogens (tertiary/aromatic N) is 5. The van der Waals surface area contributed by atoms with Crippen LogP contribution in [0, 0.1) is 6.92 Å². The van der Waals surface area contributed by atoms with E-state index in [1.807, 2.05) is 72.2 Å². The third kappa shape index (κ3) is 7.05. The molecule has 0 spiro atoms. The van der Waals surface area contributed by atoms with Crippen molar-refractivity contribution in [3.63, 3.8) is 0 Å². The standard InChI is InChI=1S/C32H35N5O6S3/c1-24-12-13-28(46(41,42)35-15-17-43-18-16-35)20-29(24)31-33-34-32(37(31)26-10-6-3-7-11-26)44-22-30(38)36(21-25-8-4-2-5-9-25)27-14-19-45(39,40)23-27/h2-13,20,27H,14-19,21-23H2,1H3/t27-/m0/s1. The second-order valence-electron chi connectivity index (χ2n) is 11.3. The Morgan fingerprint density at radius 1 is 1.00 bits per heavy atom. The summed E-state index contributed by atoms with van der Waals surface area (Å²) in [6.45, 7) is 3.46. The number of carbonyl (C=O) groups is 1. The highest BCUT2D eigenvalue weighted by Crippen LogP contribution is 2.32. The molecule has 4 aromatic rings. The van der Waals surface area contributed by atoms with Crippen molar-refractivity contribution in [1.82, 2.24) is 24.0 Å². The third-order valence-electron chi connectivity index (χ3n) is 8.20. The number of carbonyl (C=O) groups excluding carboxylic acids is 1. The molecule has 46 heavy (non-hydrogen) atoms. The molecular formula is C32H35N5O6S3. The topological polar surface area (TPSA) is 132 Å². The maximum Gasteiger partial charge on any atom is 0.243 e. The van der Waals surface area contributed by atoms with Gasteiger partial charge in [-0.1, -0.05) is 66.4 Å². The van der Waals surface area contributed by atoms with Gasteiger partial charge in [-0.2, -0.15) is 4.31 Å². The van der Waals surface area contributed by atoms with Crippen molar-refractivity contribution in [2.75, 3.05) is 43.6 Å². The number of para-hydroxylation sites is 1. The van der Waals surface area contributed by atoms with E-state index in [-0.39, 0.29) is 41.2 Å². The predicted octanol–water partition coefficient (Wildman–Crippen LogP) is 3.57. The number of amides is 1. The summed E-state index contributed by atoms with van der Waals surface area (Å²) in [6, 6.07) is 23.6. The Hall–Kier alpha value is -3.56. The quantitative estimate of drug-likeness (QED) is 0.231. The Bertz CT molecular complexity index is 1910. The largest absolute Gasteiger partial charge is 0.379 e. The number of aromatic nitrogens is 3. The Morgan fingerprint density at radius 3 is 2.37 bits per heavy atom. The Balaban J connectivity index is 1.32. The van der Waals surface area contributed by atoms with Gasteiger partial charge in [-0.3, -0.25) is 9.36 Å². The van der Waals surface area contributed by atoms with Crippen LogP contribution in [0.15, 0.2) is 88.9 Å². The maximum absolute atomic E-state index is 13.8. The highest BCUT2D eigenvalue weighted by atomic mass is 32.2. The molecule has 0 N–H and O–H groups in total. The smallest absolute Gasteiger partial charge is 0.243 e. The molecule has 2 aliphatic rings. The lowest BCUT2D eigenvalue weighted by Crippen LogP contribution is -2.41. The molecule has 3 heterocycles. The van der Waals surface area contributed by atoms with Crippen molar-refractivity contribution < 1.29 is 26.4 Å². The van der Waals surface area contributed by atoms with Crippen LogP contribution in [-0.4, -0.2) is 96.3 Å². The molecule has 0 saturated carbocycles. The minimum Gasteiger partial charge on any atom is -0.379 e. The van der Waals surface area contributed by atoms with Gasteiger partial charge in [0.25, 0.3) is 0 Å². The zero-order chi connectivity index (χ0) is 32.3. The van der Waals surface area contributed by atoms with E-state index in [1.54, 1.807) is 23.1 Å². The molecular weight excluding hydrogens is 647 g/mol. The minimum atomic E-state index is -3.76. The van der Waals surface area contributed by atoms with Crippen molar-refractivity contribution in [3.05, 3.63) is 90.0 Å². The van der Waals surface area contributed by atoms with Gasteiger partial charge in [0.1, 0.15) is 0 Å². The average Bonchev–Trinajstić information content (AvgIpc) is 3.66. The second-order valence-corrected chi connectivity index (χ2v) is 16.4. The van der Waals surface area contributed by atoms with Crippen molar-refractivity contribution in [1.29, 1.82) is 0 Å². The molecule has 1 amide bonds. The Morgan fingerprint density at radius 2 is 1.70 bits per heavy atom. The van der Waals surface area contributed by atoms with Crippen molar-refractivity contribution >= 4 is 37.5 Å². The molecule has 0 bridgehead atoms. The SMILES string of the molecule is Cc1ccc(S(=O)(=O)N2CCOCC2)cc1-c1nnc(SCC(=O)N(Cc2ccccc2)[C@H]2CCS(=O)(=O)C2)n1-c1ccccc1. The lowest BCUT2D eigenvalue weighted by atomic mass is 10.1. The molecule has 0 aliphatic carbocycles. The third-order valence-corrected chi connectivity index (χ3v) is 12.8. The van der Waals surface area contributed by atoms with Gasteiger partial charge in [0, 0.05) is 36.9 Å². The monoisotopic (exact) mass is 681 g/mol. The molecule has 2 aliphatic heterocycles. The zero-order valence-electron chi connectivity index (χ0n) is 25.4. The first-order valence-corrected chi connectivity index (χ1v) is 19.2. The molecule has 2 saturated heterocycles. The van der Waals surface area contributed by atoms with E-state index in [0.717, 1.165) is 16.8 Å². The highest BCUT2D eigenvalue weighted by molar-refractivity contribution is 7.99. The summed E-state index contributed by atoms with van der Waals surface area (Å²) in [4.78, 5) is 15.6. The number of hydrogen-bond acceptors (Lipinski definition) is 9. The van der Waals surface area contributed by atoms with Gasteiger partial charge in [0.15, 0.2) is 20.8 Å². The van der Waals surface area contributed by atoms with Gasteiger partial charge in [-0.15, -0.1) is 10.2 Å². The average molecular weight is 682 g/mol. The van der Waals surface area contributed by atoms with E-state index < -0.39 is 25.9 Å². The molecule has 0 unspecified atom stereocenters. The zero-order valence-corrected chi connectivity index (χ0v) is 27.8. The van der Waals surface area contributed by atoms with Crippen molar-refractivity contribution in [2.24, 2.45) is 0 Å². The van der Waals surface area contributed by atoms with Crippen LogP contribution in [0.3, 0.4) is 0 Å². The molecule has 1 aromatic heterocycles. The summed E-state index contributed by atoms with van der Waals surface area (Å²) in [6.07, 6.45) is 0.402. The summed E-state index contributed by atoms with van der Waals surface area (Å²) in [7, 11) is -6.96. The summed E-state index contributed by atoms with van der Waals surface area (Å²) in [5, 5.41) is 9.42. The van der Waals surface area contributed by atoms with Crippen LogP contribution in [0.2, 0.25) is 0 Å². The first-order valence-electron chi connectivity index (χ1n) is 15.0. The van der Waals surface area contributed by atoms with E-state index in [0.29, 0.717) is 42.7 Å². The molecule has 242 valence electrons. The fourth-order valence-corrected chi connectivity index (χ4v) is 9.72. The van der Waals surface area contributed by atoms with Gasteiger partial charge in [0.05, 0.1) is 35.4 Å². The number of aryl methyl sites for hydroxylation is 1. The Labute approximate surface area is 273 Å². The number of hydrogen-bond donors (Lipinski definition) is 0. The number of morpholine rings is 1. The number of benzene rings is 3. The lowest BCUT2D eigenvalue weighted by molar-refractivity contribution is -0.130. The molecule has 3 aromatic carbocycles. The predicted molar refractivity (Wildman–Crippen MR) is 176 cm³/mol. The van der Waals surface area contributed by atoms with Gasteiger partial charge < -0.3 is 9.64 Å².